The Hall–Kier alpha value is -3.19. The van der Waals surface area contributed by atoms with E-state index in [1.54, 1.807) is 0 Å². The first kappa shape index (κ1) is 21.6. The molecule has 0 radical (unpaired) electrons. The first-order valence-corrected chi connectivity index (χ1v) is 11.9. The van der Waals surface area contributed by atoms with Crippen LogP contribution in [0.3, 0.4) is 0 Å². The summed E-state index contributed by atoms with van der Waals surface area (Å²) in [7, 11) is 0. The third-order valence-electron chi connectivity index (χ3n) is 6.63. The van der Waals surface area contributed by atoms with E-state index in [0.717, 1.165) is 37.2 Å². The molecule has 0 spiro atoms. The highest BCUT2D eigenvalue weighted by Crippen LogP contribution is 2.30. The molecule has 1 aliphatic heterocycles. The lowest BCUT2D eigenvalue weighted by Gasteiger charge is -2.27. The van der Waals surface area contributed by atoms with Crippen LogP contribution < -0.4 is 10.1 Å². The van der Waals surface area contributed by atoms with Crippen molar-refractivity contribution in [2.45, 2.75) is 45.1 Å². The van der Waals surface area contributed by atoms with E-state index in [-0.39, 0.29) is 11.9 Å². The highest BCUT2D eigenvalue weighted by molar-refractivity contribution is 5.93. The molecular formula is C26H31N5O2. The van der Waals surface area contributed by atoms with E-state index in [1.165, 1.54) is 41.9 Å². The quantitative estimate of drug-likeness (QED) is 0.604. The average molecular weight is 446 g/mol. The summed E-state index contributed by atoms with van der Waals surface area (Å²) in [6, 6.07) is 16.0. The molecule has 1 N–H and O–H groups in total. The van der Waals surface area contributed by atoms with E-state index in [9.17, 15) is 4.79 Å². The van der Waals surface area contributed by atoms with Gasteiger partial charge >= 0.3 is 0 Å². The van der Waals surface area contributed by atoms with Crippen LogP contribution in [0.25, 0.3) is 5.69 Å². The number of nitrogens with zero attached hydrogens (tertiary/aromatic N) is 4. The maximum Gasteiger partial charge on any atom is 0.273 e. The average Bonchev–Trinajstić information content (AvgIpc) is 3.50. The predicted octanol–water partition coefficient (Wildman–Crippen LogP) is 3.34. The van der Waals surface area contributed by atoms with Gasteiger partial charge in [-0.2, -0.15) is 9.90 Å². The number of amides is 1. The summed E-state index contributed by atoms with van der Waals surface area (Å²) in [5.41, 5.74) is 4.38. The van der Waals surface area contributed by atoms with Crippen LogP contribution in [0.1, 0.15) is 46.6 Å². The van der Waals surface area contributed by atoms with E-state index < -0.39 is 0 Å². The molecular weight excluding hydrogens is 414 g/mol. The Kier molecular flexibility index (Phi) is 6.39. The number of hydrogen-bond donors (Lipinski definition) is 1. The minimum Gasteiger partial charge on any atom is -0.492 e. The van der Waals surface area contributed by atoms with Gasteiger partial charge in [0.1, 0.15) is 12.4 Å². The number of aromatic nitrogens is 3. The molecule has 1 aromatic heterocycles. The minimum absolute atomic E-state index is 0.0506. The second-order valence-corrected chi connectivity index (χ2v) is 8.96. The number of aryl methyl sites for hydroxylation is 2. The molecule has 3 aromatic rings. The number of nitrogens with one attached hydrogen (secondary N) is 1. The molecule has 0 saturated carbocycles. The zero-order valence-corrected chi connectivity index (χ0v) is 19.2. The molecule has 1 saturated heterocycles. The van der Waals surface area contributed by atoms with E-state index in [1.807, 2.05) is 37.3 Å². The normalized spacial score (nSPS) is 18.2. The van der Waals surface area contributed by atoms with Gasteiger partial charge in [0.15, 0.2) is 5.69 Å². The number of para-hydroxylation sites is 1. The molecule has 172 valence electrons. The van der Waals surface area contributed by atoms with Gasteiger partial charge in [0.25, 0.3) is 5.91 Å². The molecule has 2 aromatic carbocycles. The predicted molar refractivity (Wildman–Crippen MR) is 127 cm³/mol. The summed E-state index contributed by atoms with van der Waals surface area (Å²) >= 11 is 0. The topological polar surface area (TPSA) is 72.3 Å². The number of rotatable bonds is 7. The summed E-state index contributed by atoms with van der Waals surface area (Å²) in [6.45, 7) is 5.86. The molecule has 1 fully saturated rings. The zero-order chi connectivity index (χ0) is 22.6. The van der Waals surface area contributed by atoms with Crippen LogP contribution in [0.15, 0.2) is 48.5 Å². The van der Waals surface area contributed by atoms with Gasteiger partial charge in [0.05, 0.1) is 11.4 Å². The van der Waals surface area contributed by atoms with Gasteiger partial charge < -0.3 is 10.1 Å². The highest BCUT2D eigenvalue weighted by Gasteiger charge is 2.25. The minimum atomic E-state index is -0.171. The van der Waals surface area contributed by atoms with Crippen LogP contribution in [0, 0.1) is 6.92 Å². The lowest BCUT2D eigenvalue weighted by molar-refractivity contribution is 0.0927. The van der Waals surface area contributed by atoms with Crippen molar-refractivity contribution in [3.05, 3.63) is 71.0 Å². The van der Waals surface area contributed by atoms with Crippen molar-refractivity contribution in [3.63, 3.8) is 0 Å². The fraction of sp³-hybridized carbons (Fsp3) is 0.423. The summed E-state index contributed by atoms with van der Waals surface area (Å²) < 4.78 is 6.20. The first-order chi connectivity index (χ1) is 16.2. The number of hydrogen-bond acceptors (Lipinski definition) is 5. The largest absolute Gasteiger partial charge is 0.492 e. The van der Waals surface area contributed by atoms with Crippen LogP contribution in [-0.4, -0.2) is 58.1 Å². The van der Waals surface area contributed by atoms with Crippen LogP contribution in [0.5, 0.6) is 5.75 Å². The highest BCUT2D eigenvalue weighted by atomic mass is 16.5. The Morgan fingerprint density at radius 3 is 2.73 bits per heavy atom. The fourth-order valence-electron chi connectivity index (χ4n) is 4.82. The van der Waals surface area contributed by atoms with Gasteiger partial charge in [-0.3, -0.25) is 9.69 Å². The number of carbonyl (C=O) groups excluding carboxylic acids is 1. The second-order valence-electron chi connectivity index (χ2n) is 8.96. The monoisotopic (exact) mass is 445 g/mol. The Bertz CT molecular complexity index is 1110. The first-order valence-electron chi connectivity index (χ1n) is 11.9. The molecule has 2 heterocycles. The molecule has 7 nitrogen and oxygen atoms in total. The van der Waals surface area contributed by atoms with Crippen molar-refractivity contribution in [1.82, 2.24) is 25.2 Å². The smallest absolute Gasteiger partial charge is 0.273 e. The Labute approximate surface area is 194 Å². The van der Waals surface area contributed by atoms with E-state index >= 15 is 0 Å². The van der Waals surface area contributed by atoms with E-state index in [2.05, 4.69) is 38.6 Å². The lowest BCUT2D eigenvalue weighted by Crippen LogP contribution is -2.39. The lowest BCUT2D eigenvalue weighted by atomic mass is 9.87. The summed E-state index contributed by atoms with van der Waals surface area (Å²) in [5.74, 6) is 0.785. The molecule has 1 atom stereocenters. The van der Waals surface area contributed by atoms with Crippen LogP contribution in [-0.2, 0) is 12.8 Å². The van der Waals surface area contributed by atoms with Crippen molar-refractivity contribution in [3.8, 4) is 11.4 Å². The van der Waals surface area contributed by atoms with Crippen LogP contribution in [0.4, 0.5) is 0 Å². The zero-order valence-electron chi connectivity index (χ0n) is 19.2. The van der Waals surface area contributed by atoms with Crippen molar-refractivity contribution >= 4 is 5.91 Å². The Balaban J connectivity index is 1.24. The molecule has 5 rings (SSSR count). The standard InChI is InChI=1S/C26H31N5O2/c1-19-25(29-31(28-19)22-9-3-2-4-10-22)26(32)27-21-13-12-20-8-7-11-24(23(20)18-21)33-17-16-30-14-5-6-15-30/h2-4,7-11,21H,5-6,12-18H2,1H3,(H,27,32)/t21-/m1/s1. The van der Waals surface area contributed by atoms with Crippen molar-refractivity contribution in [2.75, 3.05) is 26.2 Å². The third-order valence-corrected chi connectivity index (χ3v) is 6.63. The van der Waals surface area contributed by atoms with Gasteiger partial charge in [-0.1, -0.05) is 30.3 Å². The van der Waals surface area contributed by atoms with Gasteiger partial charge in [0.2, 0.25) is 0 Å². The number of benzene rings is 2. The van der Waals surface area contributed by atoms with Crippen LogP contribution in [0.2, 0.25) is 0 Å². The third kappa shape index (κ3) is 4.93. The molecule has 7 heteroatoms. The van der Waals surface area contributed by atoms with Gasteiger partial charge in [-0.05, 0) is 81.4 Å². The van der Waals surface area contributed by atoms with E-state index in [4.69, 9.17) is 4.74 Å². The molecule has 33 heavy (non-hydrogen) atoms. The summed E-state index contributed by atoms with van der Waals surface area (Å²) in [5, 5.41) is 12.1. The number of likely N-dealkylation sites (tertiary alicyclic amines) is 1. The SMILES string of the molecule is Cc1nn(-c2ccccc2)nc1C(=O)N[C@@H]1CCc2cccc(OCCN3CCCC3)c2C1. The molecule has 2 aliphatic rings. The number of carbonyl (C=O) groups is 1. The maximum atomic E-state index is 13.0. The van der Waals surface area contributed by atoms with Gasteiger partial charge in [0, 0.05) is 12.6 Å². The fourth-order valence-corrected chi connectivity index (χ4v) is 4.82. The number of ether oxygens (including phenoxy) is 1. The van der Waals surface area contributed by atoms with Crippen molar-refractivity contribution in [1.29, 1.82) is 0 Å². The van der Waals surface area contributed by atoms with Crippen LogP contribution >= 0.6 is 0 Å². The van der Waals surface area contributed by atoms with Crippen molar-refractivity contribution < 1.29 is 9.53 Å². The van der Waals surface area contributed by atoms with Crippen molar-refractivity contribution in [2.24, 2.45) is 0 Å². The molecule has 1 aliphatic carbocycles. The maximum absolute atomic E-state index is 13.0. The molecule has 0 bridgehead atoms. The molecule has 0 unspecified atom stereocenters. The second kappa shape index (κ2) is 9.75. The van der Waals surface area contributed by atoms with E-state index in [0.29, 0.717) is 18.0 Å². The summed E-state index contributed by atoms with van der Waals surface area (Å²) in [4.78, 5) is 17.0. The van der Waals surface area contributed by atoms with Gasteiger partial charge in [-0.15, -0.1) is 5.10 Å². The Morgan fingerprint density at radius 1 is 1.09 bits per heavy atom. The van der Waals surface area contributed by atoms with Gasteiger partial charge in [-0.25, -0.2) is 0 Å². The Morgan fingerprint density at radius 2 is 1.91 bits per heavy atom. The number of fused-ring (bicyclic) bond motifs is 1. The summed E-state index contributed by atoms with van der Waals surface area (Å²) in [6.07, 6.45) is 5.19. The molecule has 1 amide bonds.